The Labute approximate surface area is 213 Å². The Morgan fingerprint density at radius 1 is 1.19 bits per heavy atom. The third-order valence-corrected chi connectivity index (χ3v) is 6.75. The summed E-state index contributed by atoms with van der Waals surface area (Å²) in [5.74, 6) is 0.140. The molecule has 2 aromatic heterocycles. The third-order valence-electron chi connectivity index (χ3n) is 6.40. The van der Waals surface area contributed by atoms with Crippen LogP contribution in [-0.2, 0) is 13.0 Å². The largest absolute Gasteiger partial charge is 0.497 e. The van der Waals surface area contributed by atoms with Crippen LogP contribution in [0.25, 0.3) is 11.0 Å². The monoisotopic (exact) mass is 503 g/mol. The molecule has 0 radical (unpaired) electrons. The molecule has 36 heavy (non-hydrogen) atoms. The van der Waals surface area contributed by atoms with Crippen molar-refractivity contribution < 1.29 is 14.3 Å². The predicted molar refractivity (Wildman–Crippen MR) is 142 cm³/mol. The minimum atomic E-state index is -0.330. The van der Waals surface area contributed by atoms with Gasteiger partial charge in [0.25, 0.3) is 5.91 Å². The van der Waals surface area contributed by atoms with E-state index >= 15 is 0 Å². The Morgan fingerprint density at radius 3 is 2.75 bits per heavy atom. The summed E-state index contributed by atoms with van der Waals surface area (Å²) in [6.07, 6.45) is 4.41. The van der Waals surface area contributed by atoms with Crippen LogP contribution in [0.2, 0.25) is 5.02 Å². The zero-order chi connectivity index (χ0) is 25.4. The van der Waals surface area contributed by atoms with Crippen molar-refractivity contribution in [1.82, 2.24) is 9.97 Å². The minimum absolute atomic E-state index is 0.180. The van der Waals surface area contributed by atoms with Gasteiger partial charge in [-0.25, -0.2) is 9.78 Å². The van der Waals surface area contributed by atoms with Crippen molar-refractivity contribution in [2.45, 2.75) is 26.8 Å². The first-order chi connectivity index (χ1) is 17.4. The number of carbonyl (C=O) groups excluding carboxylic acids is 2. The van der Waals surface area contributed by atoms with Crippen molar-refractivity contribution >= 4 is 51.6 Å². The molecule has 0 saturated carbocycles. The van der Waals surface area contributed by atoms with Crippen molar-refractivity contribution in [3.63, 3.8) is 0 Å². The highest BCUT2D eigenvalue weighted by atomic mass is 35.5. The molecular weight excluding hydrogens is 478 g/mol. The topological polar surface area (TPSA) is 90.6 Å². The van der Waals surface area contributed by atoms with Crippen LogP contribution < -0.4 is 19.9 Å². The predicted octanol–water partition coefficient (Wildman–Crippen LogP) is 6.01. The van der Waals surface area contributed by atoms with Crippen molar-refractivity contribution in [2.24, 2.45) is 0 Å². The molecule has 1 aliphatic heterocycles. The molecule has 0 saturated heterocycles. The van der Waals surface area contributed by atoms with Crippen LogP contribution in [0.5, 0.6) is 5.75 Å². The number of nitrogens with zero attached hydrogens (tertiary/aromatic N) is 3. The lowest BCUT2D eigenvalue weighted by atomic mass is 10.1. The third kappa shape index (κ3) is 4.13. The molecule has 2 N–H and O–H groups in total. The Balaban J connectivity index is 1.50. The smallest absolute Gasteiger partial charge is 0.329 e. The molecule has 5 rings (SSSR count). The lowest BCUT2D eigenvalue weighted by molar-refractivity contribution is 0.102. The zero-order valence-corrected chi connectivity index (χ0v) is 21.0. The van der Waals surface area contributed by atoms with Crippen LogP contribution in [0.4, 0.5) is 21.9 Å². The molecule has 184 valence electrons. The maximum absolute atomic E-state index is 13.6. The number of halogens is 1. The van der Waals surface area contributed by atoms with Crippen molar-refractivity contribution in [3.05, 3.63) is 76.6 Å². The molecule has 4 aromatic rings. The zero-order valence-electron chi connectivity index (χ0n) is 20.3. The van der Waals surface area contributed by atoms with Gasteiger partial charge in [0.2, 0.25) is 0 Å². The summed E-state index contributed by atoms with van der Waals surface area (Å²) < 4.78 is 5.47. The number of hydrogen-bond donors (Lipinski definition) is 2. The fourth-order valence-electron chi connectivity index (χ4n) is 4.55. The molecular formula is C27H26ClN5O3. The molecule has 2 aromatic carbocycles. The summed E-state index contributed by atoms with van der Waals surface area (Å²) in [5, 5.41) is 4.39. The molecule has 1 aliphatic rings. The Kier molecular flexibility index (Phi) is 6.28. The normalized spacial score (nSPS) is 13.2. The highest BCUT2D eigenvalue weighted by molar-refractivity contribution is 6.31. The van der Waals surface area contributed by atoms with Gasteiger partial charge in [-0.3, -0.25) is 14.6 Å². The first-order valence-corrected chi connectivity index (χ1v) is 12.1. The van der Waals surface area contributed by atoms with Crippen molar-refractivity contribution in [2.75, 3.05) is 28.8 Å². The van der Waals surface area contributed by atoms with E-state index in [0.29, 0.717) is 40.8 Å². The van der Waals surface area contributed by atoms with Crippen LogP contribution in [0.3, 0.4) is 0 Å². The molecule has 0 unspecified atom stereocenters. The number of carbonyl (C=O) groups is 2. The second-order valence-electron chi connectivity index (χ2n) is 8.52. The van der Waals surface area contributed by atoms with E-state index in [0.717, 1.165) is 34.3 Å². The first kappa shape index (κ1) is 23.7. The van der Waals surface area contributed by atoms with Crippen LogP contribution in [0.15, 0.2) is 54.9 Å². The fraction of sp³-hybridized carbons (Fsp3) is 0.222. The van der Waals surface area contributed by atoms with Crippen LogP contribution >= 0.6 is 11.6 Å². The SMILES string of the molecule is CCc1ccc(NC(=O)c2cc(OC)cc(N3Cc4cnc5[nH]ccc5c4N(CC)C3=O)c2)cc1Cl. The van der Waals surface area contributed by atoms with E-state index in [1.807, 2.05) is 38.2 Å². The molecule has 0 bridgehead atoms. The Morgan fingerprint density at radius 2 is 2.03 bits per heavy atom. The molecule has 3 heterocycles. The molecule has 8 nitrogen and oxygen atoms in total. The van der Waals surface area contributed by atoms with E-state index in [9.17, 15) is 9.59 Å². The number of fused-ring (bicyclic) bond motifs is 3. The number of H-pyrrole nitrogens is 1. The molecule has 9 heteroatoms. The minimum Gasteiger partial charge on any atom is -0.497 e. The van der Waals surface area contributed by atoms with E-state index in [-0.39, 0.29) is 11.9 Å². The van der Waals surface area contributed by atoms with Gasteiger partial charge < -0.3 is 15.0 Å². The maximum atomic E-state index is 13.6. The maximum Gasteiger partial charge on any atom is 0.329 e. The summed E-state index contributed by atoms with van der Waals surface area (Å²) in [5.41, 5.74) is 5.03. The summed E-state index contributed by atoms with van der Waals surface area (Å²) in [6, 6.07) is 12.3. The standard InChI is InChI=1S/C27H26ClN5O3/c1-4-16-6-7-19(12-23(16)28)31-26(34)17-10-20(13-21(11-17)36-3)33-15-18-14-30-25-22(8-9-29-25)24(18)32(5-2)27(33)35/h6-14H,4-5,15H2,1-3H3,(H,29,30)(H,31,34). The van der Waals surface area contributed by atoms with E-state index < -0.39 is 0 Å². The van der Waals surface area contributed by atoms with Crippen LogP contribution in [0, 0.1) is 0 Å². The second kappa shape index (κ2) is 9.54. The fourth-order valence-corrected chi connectivity index (χ4v) is 4.86. The number of methoxy groups -OCH3 is 1. The molecule has 0 spiro atoms. The summed E-state index contributed by atoms with van der Waals surface area (Å²) >= 11 is 6.32. The van der Waals surface area contributed by atoms with Gasteiger partial charge in [0.15, 0.2) is 0 Å². The van der Waals surface area contributed by atoms with E-state index in [1.165, 1.54) is 7.11 Å². The Hall–Kier alpha value is -4.04. The average molecular weight is 504 g/mol. The number of aromatic nitrogens is 2. The molecule has 3 amide bonds. The van der Waals surface area contributed by atoms with Gasteiger partial charge in [0.1, 0.15) is 11.4 Å². The van der Waals surface area contributed by atoms with Gasteiger partial charge >= 0.3 is 6.03 Å². The second-order valence-corrected chi connectivity index (χ2v) is 8.93. The number of amides is 3. The summed E-state index contributed by atoms with van der Waals surface area (Å²) in [4.78, 5) is 37.8. The average Bonchev–Trinajstić information content (AvgIpc) is 3.37. The number of anilines is 3. The van der Waals surface area contributed by atoms with Crippen LogP contribution in [-0.4, -0.2) is 35.6 Å². The van der Waals surface area contributed by atoms with Crippen molar-refractivity contribution in [1.29, 1.82) is 0 Å². The summed E-state index contributed by atoms with van der Waals surface area (Å²) in [6.45, 7) is 4.76. The Bertz CT molecular complexity index is 1480. The highest BCUT2D eigenvalue weighted by Gasteiger charge is 2.33. The van der Waals surface area contributed by atoms with Crippen molar-refractivity contribution in [3.8, 4) is 5.75 Å². The molecule has 0 aliphatic carbocycles. The number of aromatic amines is 1. The van der Waals surface area contributed by atoms with Gasteiger partial charge in [0, 0.05) is 52.2 Å². The van der Waals surface area contributed by atoms with Gasteiger partial charge in [-0.05, 0) is 49.2 Å². The lowest BCUT2D eigenvalue weighted by Gasteiger charge is -2.37. The number of benzene rings is 2. The number of urea groups is 1. The van der Waals surface area contributed by atoms with Gasteiger partial charge in [-0.1, -0.05) is 24.6 Å². The van der Waals surface area contributed by atoms with E-state index in [1.54, 1.807) is 40.3 Å². The summed E-state index contributed by atoms with van der Waals surface area (Å²) in [7, 11) is 1.53. The highest BCUT2D eigenvalue weighted by Crippen LogP contribution is 2.37. The number of ether oxygens (including phenoxy) is 1. The van der Waals surface area contributed by atoms with E-state index in [2.05, 4.69) is 15.3 Å². The first-order valence-electron chi connectivity index (χ1n) is 11.8. The molecule has 0 atom stereocenters. The number of pyridine rings is 1. The van der Waals surface area contributed by atoms with Gasteiger partial charge in [-0.2, -0.15) is 0 Å². The number of hydrogen-bond acceptors (Lipinski definition) is 4. The van der Waals surface area contributed by atoms with Gasteiger partial charge in [0.05, 0.1) is 25.0 Å². The molecule has 0 fully saturated rings. The lowest BCUT2D eigenvalue weighted by Crippen LogP contribution is -2.47. The number of nitrogens with one attached hydrogen (secondary N) is 2. The number of aryl methyl sites for hydroxylation is 1. The number of rotatable bonds is 6. The quantitative estimate of drug-likeness (QED) is 0.337. The van der Waals surface area contributed by atoms with Crippen LogP contribution in [0.1, 0.15) is 35.3 Å². The van der Waals surface area contributed by atoms with Gasteiger partial charge in [-0.15, -0.1) is 0 Å². The van der Waals surface area contributed by atoms with E-state index in [4.69, 9.17) is 16.3 Å².